The molecule has 0 amide bonds. The highest BCUT2D eigenvalue weighted by Crippen LogP contribution is 2.27. The number of hydrogen-bond donors (Lipinski definition) is 2. The van der Waals surface area contributed by atoms with E-state index in [0.29, 0.717) is 23.7 Å². The van der Waals surface area contributed by atoms with Crippen LogP contribution in [0.25, 0.3) is 10.9 Å². The molecule has 1 aromatic heterocycles. The number of nitrogens with zero attached hydrogens (tertiary/aromatic N) is 3. The van der Waals surface area contributed by atoms with E-state index in [4.69, 9.17) is 0 Å². The fourth-order valence-corrected chi connectivity index (χ4v) is 3.82. The van der Waals surface area contributed by atoms with Gasteiger partial charge in [-0.25, -0.2) is 4.79 Å². The summed E-state index contributed by atoms with van der Waals surface area (Å²) in [4.78, 5) is 13.8. The molecule has 2 N–H and O–H groups in total. The zero-order valence-electron chi connectivity index (χ0n) is 12.4. The SMILES string of the molecule is O=C(O)c1cccc2c1cnn2CNC1CN2CCC1CC2. The highest BCUT2D eigenvalue weighted by atomic mass is 16.4. The van der Waals surface area contributed by atoms with Crippen LogP contribution in [-0.2, 0) is 6.67 Å². The van der Waals surface area contributed by atoms with Crippen LogP contribution in [0.15, 0.2) is 24.4 Å². The lowest BCUT2D eigenvalue weighted by molar-refractivity contribution is 0.0685. The summed E-state index contributed by atoms with van der Waals surface area (Å²) >= 11 is 0. The number of nitrogens with one attached hydrogen (secondary N) is 1. The number of aromatic nitrogens is 2. The molecule has 6 heteroatoms. The van der Waals surface area contributed by atoms with Crippen LogP contribution >= 0.6 is 0 Å². The van der Waals surface area contributed by atoms with Crippen LogP contribution < -0.4 is 5.32 Å². The molecule has 1 atom stereocenters. The zero-order chi connectivity index (χ0) is 15.1. The number of carboxylic acid groups (broad SMARTS) is 1. The first-order chi connectivity index (χ1) is 10.7. The predicted molar refractivity (Wildman–Crippen MR) is 82.8 cm³/mol. The van der Waals surface area contributed by atoms with Crippen molar-refractivity contribution in [1.29, 1.82) is 0 Å². The van der Waals surface area contributed by atoms with Gasteiger partial charge in [-0.15, -0.1) is 0 Å². The van der Waals surface area contributed by atoms with E-state index < -0.39 is 5.97 Å². The van der Waals surface area contributed by atoms with Gasteiger partial charge in [0.05, 0.1) is 23.9 Å². The number of hydrogen-bond acceptors (Lipinski definition) is 4. The van der Waals surface area contributed by atoms with Gasteiger partial charge in [0.1, 0.15) is 0 Å². The fourth-order valence-electron chi connectivity index (χ4n) is 3.82. The van der Waals surface area contributed by atoms with Crippen LogP contribution in [0.2, 0.25) is 0 Å². The van der Waals surface area contributed by atoms with Gasteiger partial charge in [-0.2, -0.15) is 5.10 Å². The molecule has 0 saturated carbocycles. The van der Waals surface area contributed by atoms with Crippen LogP contribution in [-0.4, -0.2) is 51.4 Å². The van der Waals surface area contributed by atoms with Gasteiger partial charge in [-0.3, -0.25) is 10.00 Å². The second kappa shape index (κ2) is 5.37. The highest BCUT2D eigenvalue weighted by Gasteiger charge is 2.33. The Morgan fingerprint density at radius 3 is 2.86 bits per heavy atom. The maximum atomic E-state index is 11.3. The number of carboxylic acids is 1. The third kappa shape index (κ3) is 2.28. The summed E-state index contributed by atoms with van der Waals surface area (Å²) in [7, 11) is 0. The summed E-state index contributed by atoms with van der Waals surface area (Å²) < 4.78 is 1.86. The van der Waals surface area contributed by atoms with E-state index >= 15 is 0 Å². The molecular weight excluding hydrogens is 280 g/mol. The van der Waals surface area contributed by atoms with Crippen molar-refractivity contribution in [2.75, 3.05) is 19.6 Å². The van der Waals surface area contributed by atoms with Crippen molar-refractivity contribution < 1.29 is 9.90 Å². The molecule has 116 valence electrons. The molecule has 2 bridgehead atoms. The monoisotopic (exact) mass is 300 g/mol. The van der Waals surface area contributed by atoms with E-state index in [1.807, 2.05) is 10.7 Å². The lowest BCUT2D eigenvalue weighted by atomic mass is 9.84. The smallest absolute Gasteiger partial charge is 0.336 e. The fraction of sp³-hybridized carbons (Fsp3) is 0.500. The van der Waals surface area contributed by atoms with Crippen molar-refractivity contribution in [1.82, 2.24) is 20.0 Å². The number of rotatable bonds is 4. The number of benzene rings is 1. The first-order valence-corrected chi connectivity index (χ1v) is 7.86. The Bertz CT molecular complexity index is 703. The summed E-state index contributed by atoms with van der Waals surface area (Å²) in [6.07, 6.45) is 4.21. The van der Waals surface area contributed by atoms with E-state index in [1.54, 1.807) is 18.3 Å². The summed E-state index contributed by atoms with van der Waals surface area (Å²) in [5, 5.41) is 17.9. The molecule has 3 fully saturated rings. The molecule has 1 unspecified atom stereocenters. The Labute approximate surface area is 128 Å². The number of fused-ring (bicyclic) bond motifs is 4. The van der Waals surface area contributed by atoms with Crippen molar-refractivity contribution in [3.05, 3.63) is 30.0 Å². The highest BCUT2D eigenvalue weighted by molar-refractivity contribution is 6.02. The zero-order valence-corrected chi connectivity index (χ0v) is 12.4. The quantitative estimate of drug-likeness (QED) is 0.892. The second-order valence-electron chi connectivity index (χ2n) is 6.29. The summed E-state index contributed by atoms with van der Waals surface area (Å²) in [5.74, 6) is -0.142. The molecule has 2 aromatic rings. The van der Waals surface area contributed by atoms with E-state index in [2.05, 4.69) is 15.3 Å². The van der Waals surface area contributed by atoms with Crippen LogP contribution in [0.3, 0.4) is 0 Å². The minimum absolute atomic E-state index is 0.312. The average Bonchev–Trinajstić information content (AvgIpc) is 2.97. The van der Waals surface area contributed by atoms with Crippen LogP contribution in [0.1, 0.15) is 23.2 Å². The van der Waals surface area contributed by atoms with Crippen molar-refractivity contribution in [3.8, 4) is 0 Å². The lowest BCUT2D eigenvalue weighted by Crippen LogP contribution is -2.56. The molecule has 3 aliphatic heterocycles. The molecule has 4 heterocycles. The minimum Gasteiger partial charge on any atom is -0.478 e. The first kappa shape index (κ1) is 13.7. The van der Waals surface area contributed by atoms with Gasteiger partial charge in [0, 0.05) is 18.0 Å². The topological polar surface area (TPSA) is 70.4 Å². The lowest BCUT2D eigenvalue weighted by Gasteiger charge is -2.45. The molecule has 1 aromatic carbocycles. The van der Waals surface area contributed by atoms with Crippen LogP contribution in [0.4, 0.5) is 0 Å². The van der Waals surface area contributed by atoms with Crippen molar-refractivity contribution >= 4 is 16.9 Å². The van der Waals surface area contributed by atoms with Crippen molar-refractivity contribution in [2.45, 2.75) is 25.6 Å². The average molecular weight is 300 g/mol. The third-order valence-electron chi connectivity index (χ3n) is 5.08. The summed E-state index contributed by atoms with van der Waals surface area (Å²) in [6, 6.07) is 5.84. The van der Waals surface area contributed by atoms with Gasteiger partial charge in [0.2, 0.25) is 0 Å². The van der Waals surface area contributed by atoms with E-state index in [0.717, 1.165) is 18.0 Å². The van der Waals surface area contributed by atoms with E-state index in [1.165, 1.54) is 25.9 Å². The molecular formula is C16H20N4O2. The van der Waals surface area contributed by atoms with Gasteiger partial charge in [0.15, 0.2) is 0 Å². The van der Waals surface area contributed by atoms with Gasteiger partial charge >= 0.3 is 5.97 Å². The van der Waals surface area contributed by atoms with E-state index in [9.17, 15) is 9.90 Å². The number of carbonyl (C=O) groups is 1. The standard InChI is InChI=1S/C16H20N4O2/c21-16(22)12-2-1-3-15-13(12)8-18-20(15)10-17-14-9-19-6-4-11(14)5-7-19/h1-3,8,11,14,17H,4-7,9-10H2,(H,21,22). The maximum Gasteiger partial charge on any atom is 0.336 e. The molecule has 6 nitrogen and oxygen atoms in total. The van der Waals surface area contributed by atoms with Gasteiger partial charge in [-0.05, 0) is 44.0 Å². The Morgan fingerprint density at radius 1 is 1.36 bits per heavy atom. The Kier molecular flexibility index (Phi) is 3.35. The normalized spacial score (nSPS) is 27.4. The molecule has 3 saturated heterocycles. The number of aromatic carboxylic acids is 1. The third-order valence-corrected chi connectivity index (χ3v) is 5.08. The number of piperidine rings is 3. The first-order valence-electron chi connectivity index (χ1n) is 7.86. The van der Waals surface area contributed by atoms with Gasteiger partial charge in [0.25, 0.3) is 0 Å². The molecule has 3 aliphatic rings. The van der Waals surface area contributed by atoms with Crippen LogP contribution in [0.5, 0.6) is 0 Å². The molecule has 5 rings (SSSR count). The van der Waals surface area contributed by atoms with Gasteiger partial charge in [-0.1, -0.05) is 6.07 Å². The largest absolute Gasteiger partial charge is 0.478 e. The molecule has 0 spiro atoms. The van der Waals surface area contributed by atoms with Crippen molar-refractivity contribution in [2.24, 2.45) is 5.92 Å². The Balaban J connectivity index is 1.53. The van der Waals surface area contributed by atoms with E-state index in [-0.39, 0.29) is 0 Å². The molecule has 0 radical (unpaired) electrons. The molecule has 22 heavy (non-hydrogen) atoms. The van der Waals surface area contributed by atoms with Crippen molar-refractivity contribution in [3.63, 3.8) is 0 Å². The van der Waals surface area contributed by atoms with Gasteiger partial charge < -0.3 is 10.0 Å². The van der Waals surface area contributed by atoms with Crippen LogP contribution in [0, 0.1) is 5.92 Å². The Hall–Kier alpha value is -1.92. The Morgan fingerprint density at radius 2 is 2.18 bits per heavy atom. The minimum atomic E-state index is -0.907. The second-order valence-corrected chi connectivity index (χ2v) is 6.29. The maximum absolute atomic E-state index is 11.3. The predicted octanol–water partition coefficient (Wildman–Crippen LogP) is 1.38. The molecule has 0 aliphatic carbocycles. The summed E-state index contributed by atoms with van der Waals surface area (Å²) in [5.41, 5.74) is 1.18. The summed E-state index contributed by atoms with van der Waals surface area (Å²) in [6.45, 7) is 4.21.